The zero-order chi connectivity index (χ0) is 11.8. The molecule has 0 heterocycles. The summed E-state index contributed by atoms with van der Waals surface area (Å²) in [7, 11) is 0. The van der Waals surface area contributed by atoms with Crippen LogP contribution in [0.25, 0.3) is 0 Å². The molecule has 0 atom stereocenters. The van der Waals surface area contributed by atoms with Gasteiger partial charge in [-0.3, -0.25) is 4.79 Å². The van der Waals surface area contributed by atoms with E-state index in [-0.39, 0.29) is 5.97 Å². The summed E-state index contributed by atoms with van der Waals surface area (Å²) in [6, 6.07) is 7.73. The minimum absolute atomic E-state index is 0.141. The number of ether oxygens (including phenoxy) is 1. The molecule has 1 aromatic rings. The number of hydrogen-bond donors (Lipinski definition) is 1. The number of nitrogens with two attached hydrogens (primary N) is 1. The Morgan fingerprint density at radius 2 is 2.19 bits per heavy atom. The van der Waals surface area contributed by atoms with Crippen LogP contribution >= 0.6 is 11.6 Å². The van der Waals surface area contributed by atoms with Crippen molar-refractivity contribution in [3.63, 3.8) is 0 Å². The molecule has 0 unspecified atom stereocenters. The van der Waals surface area contributed by atoms with E-state index in [0.29, 0.717) is 13.0 Å². The fraction of sp³-hybridized carbons (Fsp3) is 0.417. The molecule has 0 spiro atoms. The minimum atomic E-state index is -0.141. The van der Waals surface area contributed by atoms with Gasteiger partial charge in [-0.25, -0.2) is 0 Å². The van der Waals surface area contributed by atoms with Crippen molar-refractivity contribution in [1.29, 1.82) is 0 Å². The number of benzene rings is 1. The van der Waals surface area contributed by atoms with Crippen LogP contribution in [0.15, 0.2) is 24.3 Å². The van der Waals surface area contributed by atoms with E-state index in [2.05, 4.69) is 5.32 Å². The van der Waals surface area contributed by atoms with Gasteiger partial charge >= 0.3 is 5.97 Å². The Morgan fingerprint density at radius 3 is 2.88 bits per heavy atom. The van der Waals surface area contributed by atoms with Gasteiger partial charge in [0.1, 0.15) is 6.54 Å². The van der Waals surface area contributed by atoms with E-state index in [1.807, 2.05) is 31.2 Å². The third-order valence-corrected chi connectivity index (χ3v) is 2.55. The third kappa shape index (κ3) is 4.64. The monoisotopic (exact) mass is 242 g/mol. The van der Waals surface area contributed by atoms with Crippen LogP contribution in [-0.4, -0.2) is 19.1 Å². The molecule has 16 heavy (non-hydrogen) atoms. The molecule has 0 aliphatic rings. The van der Waals surface area contributed by atoms with E-state index >= 15 is 0 Å². The fourth-order valence-electron chi connectivity index (χ4n) is 1.37. The highest BCUT2D eigenvalue weighted by Gasteiger charge is 2.04. The first-order valence-electron chi connectivity index (χ1n) is 5.44. The average molecular weight is 243 g/mol. The Bertz CT molecular complexity index is 342. The molecule has 0 radical (unpaired) electrons. The number of quaternary nitrogens is 1. The van der Waals surface area contributed by atoms with E-state index in [9.17, 15) is 4.79 Å². The van der Waals surface area contributed by atoms with Gasteiger partial charge < -0.3 is 10.1 Å². The largest absolute Gasteiger partial charge is 0.466 e. The molecule has 0 bridgehead atoms. The lowest BCUT2D eigenvalue weighted by molar-refractivity contribution is -0.669. The van der Waals surface area contributed by atoms with E-state index in [1.54, 1.807) is 0 Å². The van der Waals surface area contributed by atoms with Crippen LogP contribution in [-0.2, 0) is 16.1 Å². The second-order valence-corrected chi connectivity index (χ2v) is 3.84. The lowest BCUT2D eigenvalue weighted by Crippen LogP contribution is -2.82. The van der Waals surface area contributed by atoms with E-state index < -0.39 is 0 Å². The maximum Gasteiger partial charge on any atom is 0.311 e. The predicted octanol–water partition coefficient (Wildman–Crippen LogP) is 1.36. The topological polar surface area (TPSA) is 42.9 Å². The Labute approximate surface area is 101 Å². The van der Waals surface area contributed by atoms with Crippen LogP contribution in [0.4, 0.5) is 0 Å². The van der Waals surface area contributed by atoms with Gasteiger partial charge in [0.15, 0.2) is 0 Å². The van der Waals surface area contributed by atoms with Gasteiger partial charge in [0, 0.05) is 10.6 Å². The Morgan fingerprint density at radius 1 is 1.44 bits per heavy atom. The molecule has 0 aliphatic carbocycles. The second kappa shape index (κ2) is 7.25. The lowest BCUT2D eigenvalue weighted by Gasteiger charge is -2.03. The Balaban J connectivity index is 2.21. The quantitative estimate of drug-likeness (QED) is 0.605. The summed E-state index contributed by atoms with van der Waals surface area (Å²) in [4.78, 5) is 11.1. The van der Waals surface area contributed by atoms with Gasteiger partial charge in [0.25, 0.3) is 0 Å². The lowest BCUT2D eigenvalue weighted by atomic mass is 10.2. The van der Waals surface area contributed by atoms with Crippen LogP contribution < -0.4 is 5.32 Å². The summed E-state index contributed by atoms with van der Waals surface area (Å²) < 4.78 is 4.83. The molecular weight excluding hydrogens is 226 g/mol. The van der Waals surface area contributed by atoms with Gasteiger partial charge in [-0.2, -0.15) is 0 Å². The van der Waals surface area contributed by atoms with Crippen molar-refractivity contribution >= 4 is 17.6 Å². The third-order valence-electron chi connectivity index (χ3n) is 2.18. The fourth-order valence-corrected chi connectivity index (χ4v) is 1.59. The van der Waals surface area contributed by atoms with E-state index in [0.717, 1.165) is 23.7 Å². The first-order valence-corrected chi connectivity index (χ1v) is 5.82. The molecule has 1 rings (SSSR count). The van der Waals surface area contributed by atoms with Crippen LogP contribution in [0, 0.1) is 0 Å². The standard InChI is InChI=1S/C12H16ClNO2/c1-2-16-12(15)7-8-14-9-10-5-3-4-6-11(10)13/h3-6,14H,2,7-9H2,1H3/p+1. The molecule has 0 saturated carbocycles. The molecule has 0 saturated heterocycles. The summed E-state index contributed by atoms with van der Waals surface area (Å²) in [6.45, 7) is 3.78. The molecular formula is C12H17ClNO2+. The first kappa shape index (κ1) is 13.0. The van der Waals surface area contributed by atoms with Crippen LogP contribution in [0.1, 0.15) is 18.9 Å². The highest BCUT2D eigenvalue weighted by Crippen LogP contribution is 2.12. The van der Waals surface area contributed by atoms with Gasteiger partial charge in [-0.05, 0) is 13.0 Å². The average Bonchev–Trinajstić information content (AvgIpc) is 2.27. The van der Waals surface area contributed by atoms with Gasteiger partial charge in [-0.15, -0.1) is 0 Å². The number of esters is 1. The molecule has 1 aromatic carbocycles. The summed E-state index contributed by atoms with van der Waals surface area (Å²) in [6.07, 6.45) is 0.443. The molecule has 88 valence electrons. The minimum Gasteiger partial charge on any atom is -0.466 e. The zero-order valence-corrected chi connectivity index (χ0v) is 10.2. The molecule has 0 amide bonds. The number of carbonyl (C=O) groups excluding carboxylic acids is 1. The van der Waals surface area contributed by atoms with Gasteiger partial charge in [-0.1, -0.05) is 29.8 Å². The summed E-state index contributed by atoms with van der Waals surface area (Å²) in [5.41, 5.74) is 1.09. The summed E-state index contributed by atoms with van der Waals surface area (Å²) in [5.74, 6) is -0.141. The Hall–Kier alpha value is -1.06. The van der Waals surface area contributed by atoms with Crippen molar-refractivity contribution in [2.45, 2.75) is 19.9 Å². The first-order chi connectivity index (χ1) is 7.74. The van der Waals surface area contributed by atoms with Crippen molar-refractivity contribution in [2.24, 2.45) is 0 Å². The maximum absolute atomic E-state index is 11.1. The van der Waals surface area contributed by atoms with E-state index in [4.69, 9.17) is 16.3 Å². The van der Waals surface area contributed by atoms with Crippen molar-refractivity contribution in [3.05, 3.63) is 34.9 Å². The van der Waals surface area contributed by atoms with Gasteiger partial charge in [0.05, 0.1) is 19.6 Å². The molecule has 0 aliphatic heterocycles. The van der Waals surface area contributed by atoms with Crippen molar-refractivity contribution in [3.8, 4) is 0 Å². The second-order valence-electron chi connectivity index (χ2n) is 3.43. The van der Waals surface area contributed by atoms with Crippen molar-refractivity contribution < 1.29 is 14.8 Å². The van der Waals surface area contributed by atoms with Crippen molar-refractivity contribution in [1.82, 2.24) is 0 Å². The van der Waals surface area contributed by atoms with Crippen LogP contribution in [0.2, 0.25) is 5.02 Å². The molecule has 0 fully saturated rings. The van der Waals surface area contributed by atoms with Crippen molar-refractivity contribution in [2.75, 3.05) is 13.2 Å². The predicted molar refractivity (Wildman–Crippen MR) is 63.2 cm³/mol. The SMILES string of the molecule is CCOC(=O)CC[NH2+]Cc1ccccc1Cl. The normalized spacial score (nSPS) is 10.1. The smallest absolute Gasteiger partial charge is 0.311 e. The maximum atomic E-state index is 11.1. The molecule has 3 nitrogen and oxygen atoms in total. The number of carbonyl (C=O) groups is 1. The summed E-state index contributed by atoms with van der Waals surface area (Å²) >= 11 is 6.00. The number of halogens is 1. The zero-order valence-electron chi connectivity index (χ0n) is 9.41. The molecule has 4 heteroatoms. The number of rotatable bonds is 6. The number of hydrogen-bond acceptors (Lipinski definition) is 2. The molecule has 0 aromatic heterocycles. The highest BCUT2D eigenvalue weighted by atomic mass is 35.5. The Kier molecular flexibility index (Phi) is 5.90. The van der Waals surface area contributed by atoms with E-state index in [1.165, 1.54) is 0 Å². The highest BCUT2D eigenvalue weighted by molar-refractivity contribution is 6.31. The van der Waals surface area contributed by atoms with Crippen LogP contribution in [0.3, 0.4) is 0 Å². The van der Waals surface area contributed by atoms with Gasteiger partial charge in [0.2, 0.25) is 0 Å². The van der Waals surface area contributed by atoms with Crippen LogP contribution in [0.5, 0.6) is 0 Å². The molecule has 2 N–H and O–H groups in total. The summed E-state index contributed by atoms with van der Waals surface area (Å²) in [5, 5.41) is 2.83.